The lowest BCUT2D eigenvalue weighted by molar-refractivity contribution is -0.138. The zero-order valence-electron chi connectivity index (χ0n) is 10.1. The van der Waals surface area contributed by atoms with Crippen molar-refractivity contribution < 1.29 is 18.0 Å². The van der Waals surface area contributed by atoms with Crippen molar-refractivity contribution in [3.63, 3.8) is 0 Å². The summed E-state index contributed by atoms with van der Waals surface area (Å²) < 4.78 is 38.6. The maximum Gasteiger partial charge on any atom is 0.416 e. The van der Waals surface area contributed by atoms with E-state index >= 15 is 0 Å². The summed E-state index contributed by atoms with van der Waals surface area (Å²) in [7, 11) is 0. The number of amides is 1. The van der Waals surface area contributed by atoms with E-state index in [0.717, 1.165) is 18.9 Å². The lowest BCUT2D eigenvalue weighted by Gasteiger charge is -2.21. The van der Waals surface area contributed by atoms with E-state index in [1.165, 1.54) is 23.1 Å². The lowest BCUT2D eigenvalue weighted by Crippen LogP contribution is -2.31. The van der Waals surface area contributed by atoms with E-state index in [1.807, 2.05) is 0 Å². The lowest BCUT2D eigenvalue weighted by atomic mass is 10.0. The van der Waals surface area contributed by atoms with Crippen molar-refractivity contribution in [3.05, 3.63) is 35.4 Å². The van der Waals surface area contributed by atoms with Crippen molar-refractivity contribution in [2.45, 2.75) is 24.4 Å². The molecule has 1 aromatic rings. The third-order valence-electron chi connectivity index (χ3n) is 3.17. The quantitative estimate of drug-likeness (QED) is 0.762. The summed E-state index contributed by atoms with van der Waals surface area (Å²) in [5.41, 5.74) is -1.02. The molecule has 1 fully saturated rings. The van der Waals surface area contributed by atoms with E-state index in [2.05, 4.69) is 0 Å². The Kier molecular flexibility index (Phi) is 4.04. The summed E-state index contributed by atoms with van der Waals surface area (Å²) in [6, 6.07) is 4.95. The third-order valence-corrected chi connectivity index (χ3v) is 3.60. The number of carbonyl (C=O) groups excluding carboxylic acids is 1. The van der Waals surface area contributed by atoms with Crippen LogP contribution in [0.3, 0.4) is 0 Å². The van der Waals surface area contributed by atoms with Gasteiger partial charge in [0.25, 0.3) is 0 Å². The number of halogens is 4. The van der Waals surface area contributed by atoms with Gasteiger partial charge in [0.2, 0.25) is 5.91 Å². The standard InChI is InChI=1S/C13H13ClF3NO/c14-11(12(19)18-7-3-4-8-18)9-5-1-2-6-10(9)13(15,16)17/h1-2,5-6,11H,3-4,7-8H2. The normalized spacial score (nSPS) is 17.6. The maximum atomic E-state index is 12.9. The second kappa shape index (κ2) is 5.41. The van der Waals surface area contributed by atoms with Gasteiger partial charge in [-0.3, -0.25) is 4.79 Å². The SMILES string of the molecule is O=C(C(Cl)c1ccccc1C(F)(F)F)N1CCCC1. The van der Waals surface area contributed by atoms with Crippen LogP contribution in [0.2, 0.25) is 0 Å². The Morgan fingerprint density at radius 2 is 1.79 bits per heavy atom. The highest BCUT2D eigenvalue weighted by Gasteiger charge is 2.37. The van der Waals surface area contributed by atoms with Crippen LogP contribution in [0.1, 0.15) is 29.3 Å². The van der Waals surface area contributed by atoms with Gasteiger partial charge in [0.15, 0.2) is 0 Å². The van der Waals surface area contributed by atoms with Crippen LogP contribution in [-0.2, 0) is 11.0 Å². The molecular weight excluding hydrogens is 279 g/mol. The molecular formula is C13H13ClF3NO. The van der Waals surface area contributed by atoms with Crippen LogP contribution >= 0.6 is 11.6 Å². The molecule has 2 nitrogen and oxygen atoms in total. The predicted molar refractivity (Wildman–Crippen MR) is 65.9 cm³/mol. The van der Waals surface area contributed by atoms with Gasteiger partial charge in [0, 0.05) is 13.1 Å². The van der Waals surface area contributed by atoms with Crippen molar-refractivity contribution in [1.82, 2.24) is 4.90 Å². The minimum atomic E-state index is -4.50. The summed E-state index contributed by atoms with van der Waals surface area (Å²) in [5.74, 6) is -0.448. The van der Waals surface area contributed by atoms with E-state index < -0.39 is 23.0 Å². The van der Waals surface area contributed by atoms with E-state index in [1.54, 1.807) is 0 Å². The Morgan fingerprint density at radius 3 is 2.37 bits per heavy atom. The van der Waals surface area contributed by atoms with Crippen LogP contribution in [0, 0.1) is 0 Å². The molecule has 1 aliphatic rings. The molecule has 1 aliphatic heterocycles. The Bertz CT molecular complexity index is 469. The molecule has 0 saturated carbocycles. The Morgan fingerprint density at radius 1 is 1.21 bits per heavy atom. The molecule has 1 saturated heterocycles. The number of alkyl halides is 4. The van der Waals surface area contributed by atoms with Crippen molar-refractivity contribution in [3.8, 4) is 0 Å². The number of rotatable bonds is 2. The van der Waals surface area contributed by atoms with Crippen LogP contribution in [0.5, 0.6) is 0 Å². The van der Waals surface area contributed by atoms with Gasteiger partial charge in [-0.25, -0.2) is 0 Å². The third kappa shape index (κ3) is 3.03. The van der Waals surface area contributed by atoms with Gasteiger partial charge in [-0.2, -0.15) is 13.2 Å². The molecule has 0 spiro atoms. The molecule has 6 heteroatoms. The largest absolute Gasteiger partial charge is 0.416 e. The molecule has 0 radical (unpaired) electrons. The van der Waals surface area contributed by atoms with Gasteiger partial charge >= 0.3 is 6.18 Å². The highest BCUT2D eigenvalue weighted by atomic mass is 35.5. The number of hydrogen-bond donors (Lipinski definition) is 0. The minimum Gasteiger partial charge on any atom is -0.341 e. The number of nitrogens with zero attached hydrogens (tertiary/aromatic N) is 1. The first-order valence-corrected chi connectivity index (χ1v) is 6.44. The first kappa shape index (κ1) is 14.2. The first-order valence-electron chi connectivity index (χ1n) is 6.00. The summed E-state index contributed by atoms with van der Waals surface area (Å²) in [6.07, 6.45) is -2.76. The van der Waals surface area contributed by atoms with Gasteiger partial charge in [0.05, 0.1) is 5.56 Å². The van der Waals surface area contributed by atoms with Crippen LogP contribution in [0.4, 0.5) is 13.2 Å². The molecule has 2 rings (SSSR count). The smallest absolute Gasteiger partial charge is 0.341 e. The minimum absolute atomic E-state index is 0.173. The molecule has 1 aromatic carbocycles. The predicted octanol–water partition coefficient (Wildman–Crippen LogP) is 3.61. The van der Waals surface area contributed by atoms with Crippen molar-refractivity contribution >= 4 is 17.5 Å². The maximum absolute atomic E-state index is 12.9. The molecule has 1 heterocycles. The fraction of sp³-hybridized carbons (Fsp3) is 0.462. The van der Waals surface area contributed by atoms with Crippen molar-refractivity contribution in [1.29, 1.82) is 0 Å². The second-order valence-corrected chi connectivity index (χ2v) is 4.92. The van der Waals surface area contributed by atoms with Gasteiger partial charge in [0.1, 0.15) is 5.38 Å². The molecule has 19 heavy (non-hydrogen) atoms. The van der Waals surface area contributed by atoms with Crippen LogP contribution in [-0.4, -0.2) is 23.9 Å². The van der Waals surface area contributed by atoms with Gasteiger partial charge < -0.3 is 4.90 Å². The number of hydrogen-bond acceptors (Lipinski definition) is 1. The summed E-state index contributed by atoms with van der Waals surface area (Å²) in [5, 5.41) is -1.28. The molecule has 0 N–H and O–H groups in total. The van der Waals surface area contributed by atoms with Crippen LogP contribution in [0.15, 0.2) is 24.3 Å². The van der Waals surface area contributed by atoms with E-state index in [-0.39, 0.29) is 5.56 Å². The average molecular weight is 292 g/mol. The van der Waals surface area contributed by atoms with E-state index in [9.17, 15) is 18.0 Å². The first-order chi connectivity index (χ1) is 8.91. The zero-order valence-corrected chi connectivity index (χ0v) is 10.8. The number of carbonyl (C=O) groups is 1. The average Bonchev–Trinajstić information content (AvgIpc) is 2.90. The molecule has 0 bridgehead atoms. The topological polar surface area (TPSA) is 20.3 Å². The summed E-state index contributed by atoms with van der Waals surface area (Å²) >= 11 is 5.96. The van der Waals surface area contributed by atoms with Crippen molar-refractivity contribution in [2.24, 2.45) is 0 Å². The van der Waals surface area contributed by atoms with Crippen LogP contribution < -0.4 is 0 Å². The highest BCUT2D eigenvalue weighted by Crippen LogP contribution is 2.37. The number of likely N-dealkylation sites (tertiary alicyclic amines) is 1. The highest BCUT2D eigenvalue weighted by molar-refractivity contribution is 6.30. The van der Waals surface area contributed by atoms with E-state index in [4.69, 9.17) is 11.6 Å². The molecule has 0 aliphatic carbocycles. The number of benzene rings is 1. The van der Waals surface area contributed by atoms with Crippen LogP contribution in [0.25, 0.3) is 0 Å². The molecule has 0 aromatic heterocycles. The molecule has 1 atom stereocenters. The zero-order chi connectivity index (χ0) is 14.0. The summed E-state index contributed by atoms with van der Waals surface area (Å²) in [6.45, 7) is 1.13. The molecule has 1 unspecified atom stereocenters. The summed E-state index contributed by atoms with van der Waals surface area (Å²) in [4.78, 5) is 13.6. The fourth-order valence-electron chi connectivity index (χ4n) is 2.21. The fourth-order valence-corrected chi connectivity index (χ4v) is 2.54. The van der Waals surface area contributed by atoms with Gasteiger partial charge in [-0.15, -0.1) is 11.6 Å². The Labute approximate surface area is 114 Å². The Balaban J connectivity index is 2.28. The molecule has 104 valence electrons. The monoisotopic (exact) mass is 291 g/mol. The van der Waals surface area contributed by atoms with E-state index in [0.29, 0.717) is 13.1 Å². The van der Waals surface area contributed by atoms with Gasteiger partial charge in [-0.05, 0) is 24.5 Å². The Hall–Kier alpha value is -1.23. The molecule has 1 amide bonds. The second-order valence-electron chi connectivity index (χ2n) is 4.48. The van der Waals surface area contributed by atoms with Gasteiger partial charge in [-0.1, -0.05) is 18.2 Å². The van der Waals surface area contributed by atoms with Crippen molar-refractivity contribution in [2.75, 3.05) is 13.1 Å².